The summed E-state index contributed by atoms with van der Waals surface area (Å²) in [5.41, 5.74) is 0. The average molecular weight is 789 g/mol. The topological polar surface area (TPSA) is 149 Å². The van der Waals surface area contributed by atoms with Crippen LogP contribution in [0.5, 0.6) is 0 Å². The molecule has 310 valence electrons. The number of phosphoric acid groups is 1. The van der Waals surface area contributed by atoms with Gasteiger partial charge >= 0.3 is 19.8 Å². The van der Waals surface area contributed by atoms with Gasteiger partial charge in [-0.15, -0.1) is 0 Å². The molecule has 0 amide bonds. The summed E-state index contributed by atoms with van der Waals surface area (Å²) >= 11 is 0. The van der Waals surface area contributed by atoms with Gasteiger partial charge in [-0.1, -0.05) is 136 Å². The molecule has 3 unspecified atom stereocenters. The van der Waals surface area contributed by atoms with E-state index in [1.54, 1.807) is 6.08 Å². The van der Waals surface area contributed by atoms with Crippen molar-refractivity contribution in [2.24, 2.45) is 0 Å². The smallest absolute Gasteiger partial charge is 0.457 e. The predicted molar refractivity (Wildman–Crippen MR) is 223 cm³/mol. The summed E-state index contributed by atoms with van der Waals surface area (Å²) in [6, 6.07) is 0. The normalized spacial score (nSPS) is 15.1. The highest BCUT2D eigenvalue weighted by Gasteiger charge is 2.27. The molecule has 0 radical (unpaired) electrons. The van der Waals surface area contributed by atoms with E-state index in [4.69, 9.17) is 18.5 Å². The van der Waals surface area contributed by atoms with Crippen molar-refractivity contribution in [1.82, 2.24) is 0 Å². The fourth-order valence-corrected chi connectivity index (χ4v) is 5.32. The maximum Gasteiger partial charge on any atom is 0.472 e. The van der Waals surface area contributed by atoms with Crippen LogP contribution in [0.4, 0.5) is 0 Å². The quantitative estimate of drug-likeness (QED) is 0.0245. The maximum atomic E-state index is 12.3. The summed E-state index contributed by atoms with van der Waals surface area (Å²) in [7, 11) is -4.67. The highest BCUT2D eigenvalue weighted by atomic mass is 31.2. The average Bonchev–Trinajstić information content (AvgIpc) is 3.17. The summed E-state index contributed by atoms with van der Waals surface area (Å²) in [5, 5.41) is 19.1. The van der Waals surface area contributed by atoms with Crippen LogP contribution in [-0.2, 0) is 32.7 Å². The van der Waals surface area contributed by atoms with Crippen LogP contribution in [0.25, 0.3) is 0 Å². The second kappa shape index (κ2) is 38.9. The highest BCUT2D eigenvalue weighted by Crippen LogP contribution is 2.43. The standard InChI is InChI=1S/C44H69O10P/c1-3-5-7-9-11-13-15-17-19-20-22-24-26-28-30-32-34-36-44(48)54-42(38-46)40-52-55(49,50)51-39-41(37-45)53-43(47)35-33-31-29-27-25-23-21-18-16-14-12-10-8-6-4-2/h5-8,11-14,17-19,21-22,24-25,27,31,33,41-42,45-46H,3-4,9-10,15-16,20,23,26,28-30,32,34-40H2,1-2H3,(H,49,50)/b7-5-,8-6-,13-11-,14-12-,19-17-,21-18-,24-22-,27-25-,33-31-. The number of esters is 2. The summed E-state index contributed by atoms with van der Waals surface area (Å²) in [5.74, 6) is -1.19. The Bertz CT molecular complexity index is 1270. The maximum absolute atomic E-state index is 12.3. The molecule has 11 heteroatoms. The Labute approximate surface area is 331 Å². The van der Waals surface area contributed by atoms with E-state index in [-0.39, 0.29) is 12.8 Å². The summed E-state index contributed by atoms with van der Waals surface area (Å²) in [6.45, 7) is 1.80. The van der Waals surface area contributed by atoms with E-state index in [0.717, 1.165) is 77.0 Å². The highest BCUT2D eigenvalue weighted by molar-refractivity contribution is 7.47. The van der Waals surface area contributed by atoms with Crippen LogP contribution in [0.15, 0.2) is 109 Å². The van der Waals surface area contributed by atoms with Crippen LogP contribution in [0.1, 0.15) is 117 Å². The van der Waals surface area contributed by atoms with Gasteiger partial charge in [-0.3, -0.25) is 18.6 Å². The van der Waals surface area contributed by atoms with Gasteiger partial charge in [0.15, 0.2) is 0 Å². The number of aliphatic hydroxyl groups is 2. The van der Waals surface area contributed by atoms with Gasteiger partial charge in [0, 0.05) is 6.42 Å². The summed E-state index contributed by atoms with van der Waals surface area (Å²) < 4.78 is 32.3. The van der Waals surface area contributed by atoms with Crippen molar-refractivity contribution < 1.29 is 47.8 Å². The molecular weight excluding hydrogens is 719 g/mol. The Balaban J connectivity index is 4.13. The monoisotopic (exact) mass is 788 g/mol. The number of hydrogen-bond donors (Lipinski definition) is 3. The molecule has 0 saturated carbocycles. The predicted octanol–water partition coefficient (Wildman–Crippen LogP) is 10.2. The van der Waals surface area contributed by atoms with E-state index in [0.29, 0.717) is 12.8 Å². The number of aliphatic hydroxyl groups excluding tert-OH is 2. The molecule has 0 bridgehead atoms. The summed E-state index contributed by atoms with van der Waals surface area (Å²) in [6.07, 6.45) is 48.1. The van der Waals surface area contributed by atoms with Gasteiger partial charge in [-0.05, 0) is 77.0 Å². The van der Waals surface area contributed by atoms with Crippen LogP contribution < -0.4 is 0 Å². The molecule has 0 aliphatic rings. The van der Waals surface area contributed by atoms with Crippen molar-refractivity contribution >= 4 is 19.8 Å². The molecule has 0 aromatic heterocycles. The van der Waals surface area contributed by atoms with Gasteiger partial charge < -0.3 is 24.6 Å². The van der Waals surface area contributed by atoms with Crippen molar-refractivity contribution in [3.63, 3.8) is 0 Å². The van der Waals surface area contributed by atoms with Crippen molar-refractivity contribution in [2.45, 2.75) is 129 Å². The SMILES string of the molecule is CC/C=C\C/C=C\C/C=C\C/C=C\C/C=C\CC(=O)OC(CO)COP(=O)(O)OCC(CO)OC(=O)CCCCCC/C=C\C/C=C\C/C=C\C/C=C\CC. The molecule has 0 aliphatic carbocycles. The van der Waals surface area contributed by atoms with E-state index >= 15 is 0 Å². The first-order valence-electron chi connectivity index (χ1n) is 19.8. The second-order valence-corrected chi connectivity index (χ2v) is 14.0. The van der Waals surface area contributed by atoms with E-state index < -0.39 is 58.4 Å². The van der Waals surface area contributed by atoms with Crippen molar-refractivity contribution in [3.05, 3.63) is 109 Å². The third-order valence-electron chi connectivity index (χ3n) is 7.51. The van der Waals surface area contributed by atoms with Gasteiger partial charge in [0.1, 0.15) is 12.2 Å². The van der Waals surface area contributed by atoms with E-state index in [1.807, 2.05) is 18.2 Å². The number of ether oxygens (including phenoxy) is 2. The minimum atomic E-state index is -4.67. The number of carbonyl (C=O) groups excluding carboxylic acids is 2. The number of carbonyl (C=O) groups is 2. The van der Waals surface area contributed by atoms with Crippen molar-refractivity contribution in [1.29, 1.82) is 0 Å². The number of rotatable bonds is 35. The molecule has 0 heterocycles. The number of phosphoric ester groups is 1. The van der Waals surface area contributed by atoms with Gasteiger partial charge in [0.2, 0.25) is 0 Å². The zero-order chi connectivity index (χ0) is 40.5. The molecule has 0 saturated heterocycles. The Morgan fingerprint density at radius 2 is 0.873 bits per heavy atom. The lowest BCUT2D eigenvalue weighted by Gasteiger charge is -2.20. The van der Waals surface area contributed by atoms with Crippen LogP contribution in [0.2, 0.25) is 0 Å². The zero-order valence-corrected chi connectivity index (χ0v) is 34.2. The molecule has 3 atom stereocenters. The first-order valence-corrected chi connectivity index (χ1v) is 21.3. The largest absolute Gasteiger partial charge is 0.472 e. The van der Waals surface area contributed by atoms with Gasteiger partial charge in [-0.2, -0.15) is 0 Å². The summed E-state index contributed by atoms with van der Waals surface area (Å²) in [4.78, 5) is 34.4. The van der Waals surface area contributed by atoms with Crippen LogP contribution in [-0.4, -0.2) is 65.7 Å². The Kier molecular flexibility index (Phi) is 36.5. The van der Waals surface area contributed by atoms with Gasteiger partial charge in [0.25, 0.3) is 0 Å². The van der Waals surface area contributed by atoms with E-state index in [1.165, 1.54) is 0 Å². The molecular formula is C44H69O10P. The first kappa shape index (κ1) is 51.6. The molecule has 0 fully saturated rings. The first-order chi connectivity index (χ1) is 26.8. The number of allylic oxidation sites excluding steroid dienone is 17. The molecule has 0 aromatic rings. The van der Waals surface area contributed by atoms with Crippen molar-refractivity contribution in [3.8, 4) is 0 Å². The molecule has 0 aromatic carbocycles. The third kappa shape index (κ3) is 37.3. The molecule has 0 spiro atoms. The van der Waals surface area contributed by atoms with Crippen LogP contribution in [0, 0.1) is 0 Å². The molecule has 10 nitrogen and oxygen atoms in total. The zero-order valence-electron chi connectivity index (χ0n) is 33.3. The third-order valence-corrected chi connectivity index (χ3v) is 8.46. The lowest BCUT2D eigenvalue weighted by atomic mass is 10.1. The lowest BCUT2D eigenvalue weighted by molar-refractivity contribution is -0.153. The number of unbranched alkanes of at least 4 members (excludes halogenated alkanes) is 4. The molecule has 55 heavy (non-hydrogen) atoms. The van der Waals surface area contributed by atoms with Crippen LogP contribution >= 0.6 is 7.82 Å². The van der Waals surface area contributed by atoms with Gasteiger partial charge in [-0.25, -0.2) is 4.57 Å². The number of hydrogen-bond acceptors (Lipinski definition) is 9. The Morgan fingerprint density at radius 3 is 1.29 bits per heavy atom. The second-order valence-electron chi connectivity index (χ2n) is 12.5. The minimum Gasteiger partial charge on any atom is -0.457 e. The Morgan fingerprint density at radius 1 is 0.509 bits per heavy atom. The molecule has 0 aliphatic heterocycles. The fourth-order valence-electron chi connectivity index (χ4n) is 4.53. The lowest BCUT2D eigenvalue weighted by Crippen LogP contribution is -2.28. The van der Waals surface area contributed by atoms with E-state index in [9.17, 15) is 29.3 Å². The van der Waals surface area contributed by atoms with Crippen LogP contribution in [0.3, 0.4) is 0 Å². The van der Waals surface area contributed by atoms with E-state index in [2.05, 4.69) is 98.9 Å². The minimum absolute atomic E-state index is 0.0487. The molecule has 0 rings (SSSR count). The fraction of sp³-hybridized carbons (Fsp3) is 0.545. The van der Waals surface area contributed by atoms with Gasteiger partial charge in [0.05, 0.1) is 32.8 Å². The van der Waals surface area contributed by atoms with Crippen molar-refractivity contribution in [2.75, 3.05) is 26.4 Å². The molecule has 3 N–H and O–H groups in total. The Hall–Kier alpha value is -3.37.